The molecular weight excluding hydrogens is 460 g/mol. The van der Waals surface area contributed by atoms with Crippen molar-refractivity contribution in [2.24, 2.45) is 39.9 Å². The van der Waals surface area contributed by atoms with Gasteiger partial charge in [-0.25, -0.2) is 0 Å². The lowest BCUT2D eigenvalue weighted by Crippen LogP contribution is -2.97. The van der Waals surface area contributed by atoms with Crippen LogP contribution in [0.1, 0.15) is 85.0 Å². The Balaban J connectivity index is 1.35. The number of Topliss-reactive ketones (excluding diaryl/α,β-unsaturated/α-hetero) is 1. The van der Waals surface area contributed by atoms with E-state index in [9.17, 15) is 24.9 Å². The van der Waals surface area contributed by atoms with Gasteiger partial charge in [0.15, 0.2) is 11.4 Å². The molecule has 0 aromatic heterocycles. The van der Waals surface area contributed by atoms with Crippen LogP contribution in [-0.4, -0.2) is 57.3 Å². The summed E-state index contributed by atoms with van der Waals surface area (Å²) in [6.45, 7) is 10.6. The van der Waals surface area contributed by atoms with Crippen LogP contribution in [0.3, 0.4) is 0 Å². The third-order valence-corrected chi connectivity index (χ3v) is 11.6. The average Bonchev–Trinajstić information content (AvgIpc) is 2.84. The smallest absolute Gasteiger partial charge is 0.307 e. The van der Waals surface area contributed by atoms with E-state index >= 15 is 0 Å². The van der Waals surface area contributed by atoms with Crippen molar-refractivity contribution in [1.29, 1.82) is 0 Å². The van der Waals surface area contributed by atoms with Crippen LogP contribution in [-0.2, 0) is 19.1 Å². The molecule has 5 aliphatic carbocycles. The second-order valence-electron chi connectivity index (χ2n) is 13.4. The van der Waals surface area contributed by atoms with E-state index in [0.29, 0.717) is 18.4 Å². The van der Waals surface area contributed by atoms with Gasteiger partial charge in [0.1, 0.15) is 11.5 Å². The van der Waals surface area contributed by atoms with Crippen LogP contribution in [0.4, 0.5) is 0 Å². The average molecular weight is 503 g/mol. The van der Waals surface area contributed by atoms with Crippen molar-refractivity contribution in [3.05, 3.63) is 12.2 Å². The Kier molecular flexibility index (Phi) is 5.31. The molecule has 7 rings (SSSR count). The highest BCUT2D eigenvalue weighted by Gasteiger charge is 2.97. The summed E-state index contributed by atoms with van der Waals surface area (Å²) in [5.74, 6) is -4.11. The number of hydrogen-bond donors (Lipinski definition) is 3. The van der Waals surface area contributed by atoms with Crippen molar-refractivity contribution >= 4 is 11.8 Å². The molecule has 7 heteroatoms. The molecule has 1 unspecified atom stereocenters. The second-order valence-corrected chi connectivity index (χ2v) is 13.4. The fourth-order valence-corrected chi connectivity index (χ4v) is 10.3. The Morgan fingerprint density at radius 2 is 1.83 bits per heavy atom. The number of carbonyl (C=O) groups excluding carboxylic acids is 2. The Bertz CT molecular complexity index is 1010. The second kappa shape index (κ2) is 7.64. The molecule has 7 aliphatic rings. The molecule has 2 spiro atoms. The van der Waals surface area contributed by atoms with Crippen LogP contribution in [0, 0.1) is 39.9 Å². The Morgan fingerprint density at radius 1 is 1.11 bits per heavy atom. The van der Waals surface area contributed by atoms with Crippen LogP contribution in [0.15, 0.2) is 12.2 Å². The van der Waals surface area contributed by atoms with Gasteiger partial charge in [-0.05, 0) is 54.9 Å². The Labute approximate surface area is 213 Å². The molecule has 10 atom stereocenters. The predicted molar refractivity (Wildman–Crippen MR) is 130 cm³/mol. The summed E-state index contributed by atoms with van der Waals surface area (Å²) in [6.07, 6.45) is 5.91. The fourth-order valence-electron chi connectivity index (χ4n) is 10.3. The van der Waals surface area contributed by atoms with Gasteiger partial charge in [0.2, 0.25) is 5.79 Å². The van der Waals surface area contributed by atoms with Crippen molar-refractivity contribution in [3.8, 4) is 0 Å². The molecule has 200 valence electrons. The fraction of sp³-hybridized carbons (Fsp3) is 0.862. The summed E-state index contributed by atoms with van der Waals surface area (Å²) < 4.78 is 12.1. The number of hydrogen-bond acceptors (Lipinski definition) is 7. The summed E-state index contributed by atoms with van der Waals surface area (Å²) in [4.78, 5) is 27.3. The molecule has 2 heterocycles. The number of unbranched alkanes of at least 4 members (excludes halogenated alkanes) is 4. The lowest BCUT2D eigenvalue weighted by Gasteiger charge is -2.84. The Morgan fingerprint density at radius 3 is 2.56 bits per heavy atom. The monoisotopic (exact) mass is 502 g/mol. The number of ether oxygens (including phenoxy) is 2. The van der Waals surface area contributed by atoms with E-state index < -0.39 is 52.2 Å². The summed E-state index contributed by atoms with van der Waals surface area (Å²) in [7, 11) is 0. The minimum atomic E-state index is -2.06. The van der Waals surface area contributed by atoms with Crippen LogP contribution in [0.25, 0.3) is 0 Å². The molecule has 2 bridgehead atoms. The first-order valence-corrected chi connectivity index (χ1v) is 14.2. The van der Waals surface area contributed by atoms with Crippen molar-refractivity contribution < 1.29 is 34.4 Å². The van der Waals surface area contributed by atoms with Gasteiger partial charge in [0.05, 0.1) is 12.7 Å². The molecule has 2 saturated heterocycles. The molecule has 0 aromatic rings. The lowest BCUT2D eigenvalue weighted by atomic mass is 9.21. The van der Waals surface area contributed by atoms with Crippen LogP contribution >= 0.6 is 0 Å². The maximum Gasteiger partial charge on any atom is 0.307 e. The lowest BCUT2D eigenvalue weighted by molar-refractivity contribution is -0.483. The van der Waals surface area contributed by atoms with Crippen molar-refractivity contribution in [2.45, 2.75) is 109 Å². The minimum absolute atomic E-state index is 0.0703. The first kappa shape index (κ1) is 25.0. The third kappa shape index (κ3) is 2.46. The highest BCUT2D eigenvalue weighted by atomic mass is 16.6. The highest BCUT2D eigenvalue weighted by Crippen LogP contribution is 2.85. The number of fused-ring (bicyclic) bond motifs is 1. The summed E-state index contributed by atoms with van der Waals surface area (Å²) >= 11 is 0. The molecular formula is C29H42O7. The van der Waals surface area contributed by atoms with E-state index in [0.717, 1.165) is 44.9 Å². The molecule has 2 aliphatic heterocycles. The van der Waals surface area contributed by atoms with Gasteiger partial charge in [-0.2, -0.15) is 0 Å². The molecule has 3 N–H and O–H groups in total. The molecule has 0 aromatic carbocycles. The van der Waals surface area contributed by atoms with Gasteiger partial charge in [0, 0.05) is 23.7 Å². The SMILES string of the molecule is C=C1[C@@H]2CC[C@H]3[C@@]45COC(O)([C@@H](O)[C@@H]4C(C)(C)CC[C@@H]5O)[C@]34C(=O)[C@@]1(OC(=O)CCCCCCC)[C@H]24. The van der Waals surface area contributed by atoms with Crippen molar-refractivity contribution in [3.63, 3.8) is 0 Å². The van der Waals surface area contributed by atoms with Crippen molar-refractivity contribution in [1.82, 2.24) is 0 Å². The maximum absolute atomic E-state index is 14.4. The van der Waals surface area contributed by atoms with Gasteiger partial charge in [-0.3, -0.25) is 9.59 Å². The highest BCUT2D eigenvalue weighted by molar-refractivity contribution is 6.09. The topological polar surface area (TPSA) is 113 Å². The standard InChI is InChI=1S/C29H42O7/c1-5-6-7-8-9-10-20(31)36-28-16(2)17-11-12-18-26-15-35-29(34,27(18,21(17)28)24(28)33)23(32)22(26)25(3,4)14-13-19(26)30/h17-19,21-23,30,32,34H,2,5-15H2,1,3-4H3/t17-,18-,19-,21+,22+,23-,26+,27+,28-,29?/m0/s1. The predicted octanol–water partition coefficient (Wildman–Crippen LogP) is 3.29. The van der Waals surface area contributed by atoms with E-state index in [-0.39, 0.29) is 36.1 Å². The summed E-state index contributed by atoms with van der Waals surface area (Å²) in [6, 6.07) is 0. The Hall–Kier alpha value is -1.28. The van der Waals surface area contributed by atoms with Gasteiger partial charge >= 0.3 is 5.97 Å². The van der Waals surface area contributed by atoms with Gasteiger partial charge in [0.25, 0.3) is 0 Å². The number of carbonyl (C=O) groups is 2. The first-order chi connectivity index (χ1) is 17.0. The number of esters is 1. The van der Waals surface area contributed by atoms with Gasteiger partial charge < -0.3 is 24.8 Å². The van der Waals surface area contributed by atoms with E-state index in [4.69, 9.17) is 9.47 Å². The third-order valence-electron chi connectivity index (χ3n) is 11.6. The number of ketones is 1. The first-order valence-electron chi connectivity index (χ1n) is 14.2. The van der Waals surface area contributed by atoms with E-state index in [1.165, 1.54) is 0 Å². The zero-order chi connectivity index (χ0) is 25.9. The number of aliphatic hydroxyl groups is 3. The minimum Gasteiger partial charge on any atom is -0.446 e. The van der Waals surface area contributed by atoms with Crippen LogP contribution < -0.4 is 0 Å². The maximum atomic E-state index is 14.4. The molecule has 7 nitrogen and oxygen atoms in total. The van der Waals surface area contributed by atoms with Gasteiger partial charge in [-0.15, -0.1) is 0 Å². The molecule has 0 amide bonds. The van der Waals surface area contributed by atoms with E-state index in [2.05, 4.69) is 27.4 Å². The summed E-state index contributed by atoms with van der Waals surface area (Å²) in [5, 5.41) is 35.3. The van der Waals surface area contributed by atoms with Crippen LogP contribution in [0.5, 0.6) is 0 Å². The van der Waals surface area contributed by atoms with E-state index in [1.54, 1.807) is 0 Å². The number of aliphatic hydroxyl groups excluding tert-OH is 2. The largest absolute Gasteiger partial charge is 0.446 e. The summed E-state index contributed by atoms with van der Waals surface area (Å²) in [5.41, 5.74) is -3.34. The normalized spacial score (nSPS) is 51.4. The molecule has 7 fully saturated rings. The van der Waals surface area contributed by atoms with E-state index in [1.807, 2.05) is 0 Å². The molecule has 36 heavy (non-hydrogen) atoms. The van der Waals surface area contributed by atoms with Gasteiger partial charge in [-0.1, -0.05) is 53.0 Å². The van der Waals surface area contributed by atoms with Crippen molar-refractivity contribution in [2.75, 3.05) is 6.61 Å². The zero-order valence-electron chi connectivity index (χ0n) is 21.9. The molecule has 0 radical (unpaired) electrons. The molecule has 5 saturated carbocycles. The number of rotatable bonds is 7. The zero-order valence-corrected chi connectivity index (χ0v) is 21.9. The van der Waals surface area contributed by atoms with Crippen LogP contribution in [0.2, 0.25) is 0 Å². The quantitative estimate of drug-likeness (QED) is 0.278.